The lowest BCUT2D eigenvalue weighted by molar-refractivity contribution is 0.222. The van der Waals surface area contributed by atoms with Crippen LogP contribution in [0.25, 0.3) is 0 Å². The highest BCUT2D eigenvalue weighted by Gasteiger charge is 2.30. The molecule has 0 aliphatic heterocycles. The van der Waals surface area contributed by atoms with Gasteiger partial charge in [0.15, 0.2) is 0 Å². The highest BCUT2D eigenvalue weighted by molar-refractivity contribution is 5.40. The minimum absolute atomic E-state index is 0.0562. The maximum absolute atomic E-state index is 5.61. The number of ether oxygens (including phenoxy) is 1. The Balaban J connectivity index is 2.26. The van der Waals surface area contributed by atoms with Crippen LogP contribution in [-0.2, 0) is 0 Å². The first-order chi connectivity index (χ1) is 9.13. The molecule has 1 aliphatic rings. The highest BCUT2D eigenvalue weighted by atomic mass is 16.5. The van der Waals surface area contributed by atoms with E-state index in [-0.39, 0.29) is 6.10 Å². The van der Waals surface area contributed by atoms with Gasteiger partial charge in [0.2, 0.25) is 11.9 Å². The first-order valence-corrected chi connectivity index (χ1v) is 7.07. The molecule has 0 bridgehead atoms. The van der Waals surface area contributed by atoms with Crippen LogP contribution in [0.4, 0.5) is 11.9 Å². The molecule has 2 rings (SSSR count). The van der Waals surface area contributed by atoms with Gasteiger partial charge in [-0.15, -0.1) is 0 Å². The molecule has 1 heterocycles. The molecule has 0 radical (unpaired) electrons. The predicted octanol–water partition coefficient (Wildman–Crippen LogP) is 2.08. The van der Waals surface area contributed by atoms with Crippen molar-refractivity contribution in [2.75, 3.05) is 23.3 Å². The van der Waals surface area contributed by atoms with E-state index in [2.05, 4.69) is 32.1 Å². The maximum Gasteiger partial charge on any atom is 0.323 e. The summed E-state index contributed by atoms with van der Waals surface area (Å²) >= 11 is 0. The van der Waals surface area contributed by atoms with Crippen molar-refractivity contribution in [3.8, 4) is 6.01 Å². The van der Waals surface area contributed by atoms with Crippen molar-refractivity contribution >= 4 is 11.9 Å². The molecule has 1 fully saturated rings. The normalized spacial score (nSPS) is 14.6. The molecule has 1 aliphatic carbocycles. The molecule has 106 valence electrons. The van der Waals surface area contributed by atoms with Gasteiger partial charge in [-0.1, -0.05) is 0 Å². The second kappa shape index (κ2) is 6.04. The van der Waals surface area contributed by atoms with Gasteiger partial charge in [0.1, 0.15) is 0 Å². The number of nitrogens with zero attached hydrogens (tertiary/aromatic N) is 4. The number of hydrogen-bond acceptors (Lipinski definition) is 6. The topological polar surface area (TPSA) is 63.2 Å². The molecule has 0 aromatic carbocycles. The molecule has 1 aromatic heterocycles. The summed E-state index contributed by atoms with van der Waals surface area (Å²) < 4.78 is 5.61. The van der Waals surface area contributed by atoms with Crippen molar-refractivity contribution in [2.24, 2.45) is 0 Å². The lowest BCUT2D eigenvalue weighted by Crippen LogP contribution is -2.28. The molecule has 0 saturated heterocycles. The lowest BCUT2D eigenvalue weighted by Gasteiger charge is -2.21. The SMILES string of the molecule is CCNc1nc(OC(C)C)nc(N(CC)C2CC2)n1. The first-order valence-electron chi connectivity index (χ1n) is 7.07. The summed E-state index contributed by atoms with van der Waals surface area (Å²) in [4.78, 5) is 15.4. The molecule has 6 nitrogen and oxygen atoms in total. The Kier molecular flexibility index (Phi) is 4.39. The van der Waals surface area contributed by atoms with E-state index in [9.17, 15) is 0 Å². The van der Waals surface area contributed by atoms with Gasteiger partial charge in [-0.2, -0.15) is 15.0 Å². The van der Waals surface area contributed by atoms with Gasteiger partial charge in [-0.3, -0.25) is 0 Å². The monoisotopic (exact) mass is 265 g/mol. The Labute approximate surface area is 114 Å². The highest BCUT2D eigenvalue weighted by Crippen LogP contribution is 2.30. The molecular formula is C13H23N5O. The number of rotatable bonds is 7. The van der Waals surface area contributed by atoms with Gasteiger partial charge in [0, 0.05) is 19.1 Å². The van der Waals surface area contributed by atoms with Crippen LogP contribution in [-0.4, -0.2) is 40.2 Å². The Morgan fingerprint density at radius 1 is 1.26 bits per heavy atom. The van der Waals surface area contributed by atoms with Crippen LogP contribution in [0, 0.1) is 0 Å². The predicted molar refractivity (Wildman–Crippen MR) is 75.8 cm³/mol. The van der Waals surface area contributed by atoms with E-state index in [1.54, 1.807) is 0 Å². The van der Waals surface area contributed by atoms with Crippen molar-refractivity contribution in [3.05, 3.63) is 0 Å². The van der Waals surface area contributed by atoms with Crippen molar-refractivity contribution < 1.29 is 4.74 Å². The third kappa shape index (κ3) is 3.68. The average molecular weight is 265 g/mol. The fourth-order valence-electron chi connectivity index (χ4n) is 1.92. The van der Waals surface area contributed by atoms with E-state index >= 15 is 0 Å². The summed E-state index contributed by atoms with van der Waals surface area (Å²) in [5, 5.41) is 3.13. The van der Waals surface area contributed by atoms with Gasteiger partial charge in [-0.05, 0) is 40.5 Å². The van der Waals surface area contributed by atoms with Gasteiger partial charge in [-0.25, -0.2) is 0 Å². The van der Waals surface area contributed by atoms with Gasteiger partial charge < -0.3 is 15.0 Å². The van der Waals surface area contributed by atoms with Crippen LogP contribution in [0.15, 0.2) is 0 Å². The van der Waals surface area contributed by atoms with Crippen LogP contribution in [0.5, 0.6) is 6.01 Å². The van der Waals surface area contributed by atoms with E-state index in [1.165, 1.54) is 12.8 Å². The zero-order chi connectivity index (χ0) is 13.8. The van der Waals surface area contributed by atoms with E-state index in [0.717, 1.165) is 13.1 Å². The largest absolute Gasteiger partial charge is 0.461 e. The number of nitrogens with one attached hydrogen (secondary N) is 1. The molecule has 0 amide bonds. The second-order valence-electron chi connectivity index (χ2n) is 4.96. The molecule has 0 atom stereocenters. The summed E-state index contributed by atoms with van der Waals surface area (Å²) in [5.41, 5.74) is 0. The quantitative estimate of drug-likeness (QED) is 0.814. The van der Waals surface area contributed by atoms with Crippen molar-refractivity contribution in [2.45, 2.75) is 52.7 Å². The molecule has 0 spiro atoms. The maximum atomic E-state index is 5.61. The fourth-order valence-corrected chi connectivity index (χ4v) is 1.92. The molecular weight excluding hydrogens is 242 g/mol. The number of aromatic nitrogens is 3. The second-order valence-corrected chi connectivity index (χ2v) is 4.96. The average Bonchev–Trinajstić information content (AvgIpc) is 3.13. The standard InChI is InChI=1S/C13H23N5O/c1-5-14-11-15-12(18(6-2)10-7-8-10)17-13(16-11)19-9(3)4/h9-10H,5-8H2,1-4H3,(H,14,15,16,17). The van der Waals surface area contributed by atoms with Crippen LogP contribution < -0.4 is 15.0 Å². The van der Waals surface area contributed by atoms with Crippen LogP contribution in [0.1, 0.15) is 40.5 Å². The summed E-state index contributed by atoms with van der Waals surface area (Å²) in [6, 6.07) is 0.976. The minimum atomic E-state index is 0.0562. The van der Waals surface area contributed by atoms with E-state index < -0.39 is 0 Å². The Morgan fingerprint density at radius 2 is 2.00 bits per heavy atom. The van der Waals surface area contributed by atoms with Crippen molar-refractivity contribution in [1.82, 2.24) is 15.0 Å². The Hall–Kier alpha value is -1.59. The fraction of sp³-hybridized carbons (Fsp3) is 0.769. The van der Waals surface area contributed by atoms with Crippen LogP contribution >= 0.6 is 0 Å². The van der Waals surface area contributed by atoms with Gasteiger partial charge in [0.25, 0.3) is 0 Å². The van der Waals surface area contributed by atoms with Gasteiger partial charge >= 0.3 is 6.01 Å². The Morgan fingerprint density at radius 3 is 2.53 bits per heavy atom. The van der Waals surface area contributed by atoms with E-state index in [0.29, 0.717) is 23.9 Å². The zero-order valence-electron chi connectivity index (χ0n) is 12.2. The number of hydrogen-bond donors (Lipinski definition) is 1. The summed E-state index contributed by atoms with van der Waals surface area (Å²) in [7, 11) is 0. The van der Waals surface area contributed by atoms with Gasteiger partial charge in [0.05, 0.1) is 6.10 Å². The lowest BCUT2D eigenvalue weighted by atomic mass is 10.5. The molecule has 1 N–H and O–H groups in total. The third-order valence-corrected chi connectivity index (χ3v) is 2.86. The molecule has 6 heteroatoms. The minimum Gasteiger partial charge on any atom is -0.461 e. The van der Waals surface area contributed by atoms with Crippen molar-refractivity contribution in [1.29, 1.82) is 0 Å². The summed E-state index contributed by atoms with van der Waals surface area (Å²) in [6.45, 7) is 9.76. The molecule has 19 heavy (non-hydrogen) atoms. The van der Waals surface area contributed by atoms with Crippen molar-refractivity contribution in [3.63, 3.8) is 0 Å². The zero-order valence-corrected chi connectivity index (χ0v) is 12.2. The number of anilines is 2. The first kappa shape index (κ1) is 13.8. The van der Waals surface area contributed by atoms with Crippen LogP contribution in [0.3, 0.4) is 0 Å². The molecule has 0 unspecified atom stereocenters. The molecule has 1 saturated carbocycles. The van der Waals surface area contributed by atoms with Crippen LogP contribution in [0.2, 0.25) is 0 Å². The third-order valence-electron chi connectivity index (χ3n) is 2.86. The summed E-state index contributed by atoms with van der Waals surface area (Å²) in [6.07, 6.45) is 2.49. The van der Waals surface area contributed by atoms with E-state index in [4.69, 9.17) is 4.74 Å². The smallest absolute Gasteiger partial charge is 0.323 e. The summed E-state index contributed by atoms with van der Waals surface area (Å²) in [5.74, 6) is 1.30. The molecule has 1 aromatic rings. The Bertz CT molecular complexity index is 419. The van der Waals surface area contributed by atoms with E-state index in [1.807, 2.05) is 20.8 Å².